The molecular formula is C14H22N6O. The number of nitrogens with zero attached hydrogens (tertiary/aromatic N) is 5. The second-order valence-corrected chi connectivity index (χ2v) is 5.80. The van der Waals surface area contributed by atoms with E-state index in [2.05, 4.69) is 32.3 Å². The summed E-state index contributed by atoms with van der Waals surface area (Å²) in [5, 5.41) is 15.6. The minimum Gasteiger partial charge on any atom is -0.379 e. The van der Waals surface area contributed by atoms with Crippen LogP contribution >= 0.6 is 0 Å². The van der Waals surface area contributed by atoms with Crippen molar-refractivity contribution >= 4 is 0 Å². The number of ether oxygens (including phenoxy) is 1. The third-order valence-corrected chi connectivity index (χ3v) is 4.31. The van der Waals surface area contributed by atoms with Crippen molar-refractivity contribution in [1.29, 1.82) is 0 Å². The van der Waals surface area contributed by atoms with Gasteiger partial charge in [-0.25, -0.2) is 0 Å². The molecule has 0 bridgehead atoms. The summed E-state index contributed by atoms with van der Waals surface area (Å²) in [6.45, 7) is 6.84. The first-order valence-corrected chi connectivity index (χ1v) is 7.20. The Kier molecular flexibility index (Phi) is 3.77. The molecule has 7 nitrogen and oxygen atoms in total. The molecule has 7 heteroatoms. The van der Waals surface area contributed by atoms with E-state index in [1.165, 1.54) is 5.56 Å². The molecule has 1 saturated heterocycles. The molecule has 0 radical (unpaired) electrons. The normalized spacial score (nSPS) is 23.0. The minimum atomic E-state index is 0.161. The van der Waals surface area contributed by atoms with E-state index in [1.54, 1.807) is 11.8 Å². The lowest BCUT2D eigenvalue weighted by molar-refractivity contribution is 0.0957. The predicted octanol–water partition coefficient (Wildman–Crippen LogP) is 0.769. The van der Waals surface area contributed by atoms with Gasteiger partial charge < -0.3 is 4.74 Å². The van der Waals surface area contributed by atoms with Crippen LogP contribution in [0.4, 0.5) is 0 Å². The lowest BCUT2D eigenvalue weighted by Crippen LogP contribution is -2.23. The Morgan fingerprint density at radius 1 is 1.38 bits per heavy atom. The number of H-pyrrole nitrogens is 1. The summed E-state index contributed by atoms with van der Waals surface area (Å²) in [5.74, 6) is 0.274. The van der Waals surface area contributed by atoms with Gasteiger partial charge in [0.25, 0.3) is 0 Å². The second-order valence-electron chi connectivity index (χ2n) is 5.80. The molecule has 0 unspecified atom stereocenters. The van der Waals surface area contributed by atoms with Crippen molar-refractivity contribution in [1.82, 2.24) is 30.1 Å². The minimum absolute atomic E-state index is 0.161. The molecule has 1 aliphatic rings. The lowest BCUT2D eigenvalue weighted by atomic mass is 10.0. The van der Waals surface area contributed by atoms with Gasteiger partial charge in [-0.05, 0) is 13.8 Å². The lowest BCUT2D eigenvalue weighted by Gasteiger charge is -2.15. The number of methoxy groups -OCH3 is 1. The van der Waals surface area contributed by atoms with Crippen LogP contribution in [0.1, 0.15) is 28.6 Å². The summed E-state index contributed by atoms with van der Waals surface area (Å²) in [6, 6.07) is 0. The van der Waals surface area contributed by atoms with Crippen LogP contribution in [-0.4, -0.2) is 56.4 Å². The Morgan fingerprint density at radius 2 is 2.19 bits per heavy atom. The molecule has 2 aromatic rings. The average molecular weight is 290 g/mol. The zero-order valence-corrected chi connectivity index (χ0v) is 13.0. The van der Waals surface area contributed by atoms with E-state index < -0.39 is 0 Å². The highest BCUT2D eigenvalue weighted by Crippen LogP contribution is 2.29. The molecular weight excluding hydrogens is 268 g/mol. The molecule has 1 fully saturated rings. The maximum absolute atomic E-state index is 5.66. The Hall–Kier alpha value is -1.73. The monoisotopic (exact) mass is 290 g/mol. The number of aryl methyl sites for hydroxylation is 3. The van der Waals surface area contributed by atoms with Gasteiger partial charge in [-0.2, -0.15) is 5.10 Å². The maximum atomic E-state index is 5.66. The molecule has 0 aromatic carbocycles. The first kappa shape index (κ1) is 14.2. The standard InChI is InChI=1S/C14H22N6O/c1-9-11(10(2)16-15-9)5-20-6-12(14(8-20)21-4)13-7-19(3)18-17-13/h7,12,14H,5-6,8H2,1-4H3,(H,15,16)/t12-,14+/m0/s1. The predicted molar refractivity (Wildman–Crippen MR) is 77.9 cm³/mol. The summed E-state index contributed by atoms with van der Waals surface area (Å²) in [5.41, 5.74) is 4.51. The van der Waals surface area contributed by atoms with Crippen LogP contribution in [0.2, 0.25) is 0 Å². The van der Waals surface area contributed by atoms with Gasteiger partial charge in [0.05, 0.1) is 17.5 Å². The second kappa shape index (κ2) is 5.57. The first-order valence-electron chi connectivity index (χ1n) is 7.20. The highest BCUT2D eigenvalue weighted by atomic mass is 16.5. The topological polar surface area (TPSA) is 71.9 Å². The van der Waals surface area contributed by atoms with E-state index in [0.717, 1.165) is 36.7 Å². The smallest absolute Gasteiger partial charge is 0.0897 e. The van der Waals surface area contributed by atoms with Crippen LogP contribution < -0.4 is 0 Å². The van der Waals surface area contributed by atoms with Crippen LogP contribution in [0.5, 0.6) is 0 Å². The highest BCUT2D eigenvalue weighted by Gasteiger charge is 2.36. The molecule has 3 heterocycles. The molecule has 0 spiro atoms. The molecule has 2 aromatic heterocycles. The van der Waals surface area contributed by atoms with Crippen LogP contribution in [0.15, 0.2) is 6.20 Å². The average Bonchev–Trinajstić information content (AvgIpc) is 3.14. The number of likely N-dealkylation sites (tertiary alicyclic amines) is 1. The first-order chi connectivity index (χ1) is 10.1. The fourth-order valence-electron chi connectivity index (χ4n) is 3.07. The van der Waals surface area contributed by atoms with Crippen LogP contribution in [-0.2, 0) is 18.3 Å². The number of nitrogens with one attached hydrogen (secondary N) is 1. The Balaban J connectivity index is 1.75. The zero-order chi connectivity index (χ0) is 15.0. The fraction of sp³-hybridized carbons (Fsp3) is 0.643. The number of rotatable bonds is 4. The maximum Gasteiger partial charge on any atom is 0.0897 e. The largest absolute Gasteiger partial charge is 0.379 e. The molecule has 21 heavy (non-hydrogen) atoms. The molecule has 114 valence electrons. The summed E-state index contributed by atoms with van der Waals surface area (Å²) in [4.78, 5) is 2.40. The van der Waals surface area contributed by atoms with Crippen LogP contribution in [0.25, 0.3) is 0 Å². The fourth-order valence-corrected chi connectivity index (χ4v) is 3.07. The van der Waals surface area contributed by atoms with Gasteiger partial charge in [-0.1, -0.05) is 5.21 Å². The molecule has 0 saturated carbocycles. The molecule has 1 aliphatic heterocycles. The van der Waals surface area contributed by atoms with E-state index in [-0.39, 0.29) is 12.0 Å². The third-order valence-electron chi connectivity index (χ3n) is 4.31. The molecule has 0 amide bonds. The molecule has 2 atom stereocenters. The van der Waals surface area contributed by atoms with Gasteiger partial charge in [0.2, 0.25) is 0 Å². The van der Waals surface area contributed by atoms with E-state index in [0.29, 0.717) is 0 Å². The Morgan fingerprint density at radius 3 is 2.76 bits per heavy atom. The van der Waals surface area contributed by atoms with Crippen LogP contribution in [0.3, 0.4) is 0 Å². The van der Waals surface area contributed by atoms with Crippen molar-refractivity contribution in [3.8, 4) is 0 Å². The van der Waals surface area contributed by atoms with Crippen LogP contribution in [0, 0.1) is 13.8 Å². The van der Waals surface area contributed by atoms with Gasteiger partial charge in [0.15, 0.2) is 0 Å². The molecule has 3 rings (SSSR count). The Labute approximate surface area is 124 Å². The Bertz CT molecular complexity index is 599. The zero-order valence-electron chi connectivity index (χ0n) is 13.0. The van der Waals surface area contributed by atoms with E-state index in [1.807, 2.05) is 20.2 Å². The van der Waals surface area contributed by atoms with Gasteiger partial charge in [-0.3, -0.25) is 14.7 Å². The number of hydrogen-bond acceptors (Lipinski definition) is 5. The summed E-state index contributed by atoms with van der Waals surface area (Å²) in [7, 11) is 3.66. The highest BCUT2D eigenvalue weighted by molar-refractivity contribution is 5.23. The van der Waals surface area contributed by atoms with E-state index >= 15 is 0 Å². The summed E-state index contributed by atoms with van der Waals surface area (Å²) < 4.78 is 7.40. The molecule has 1 N–H and O–H groups in total. The van der Waals surface area contributed by atoms with Gasteiger partial charge in [-0.15, -0.1) is 5.10 Å². The van der Waals surface area contributed by atoms with Crippen molar-refractivity contribution < 1.29 is 4.74 Å². The third kappa shape index (κ3) is 2.71. The van der Waals surface area contributed by atoms with Gasteiger partial charge in [0, 0.05) is 57.2 Å². The van der Waals surface area contributed by atoms with Gasteiger partial charge >= 0.3 is 0 Å². The number of aromatic nitrogens is 5. The SMILES string of the molecule is CO[C@@H]1CN(Cc2c(C)n[nH]c2C)C[C@H]1c1cn(C)nn1. The molecule has 0 aliphatic carbocycles. The number of hydrogen-bond donors (Lipinski definition) is 1. The van der Waals surface area contributed by atoms with Crippen molar-refractivity contribution in [3.05, 3.63) is 28.8 Å². The summed E-state index contributed by atoms with van der Waals surface area (Å²) >= 11 is 0. The van der Waals surface area contributed by atoms with Crippen molar-refractivity contribution in [2.75, 3.05) is 20.2 Å². The van der Waals surface area contributed by atoms with Crippen molar-refractivity contribution in [2.45, 2.75) is 32.4 Å². The number of aromatic amines is 1. The van der Waals surface area contributed by atoms with E-state index in [4.69, 9.17) is 4.74 Å². The van der Waals surface area contributed by atoms with E-state index in [9.17, 15) is 0 Å². The quantitative estimate of drug-likeness (QED) is 0.900. The van der Waals surface area contributed by atoms with Crippen molar-refractivity contribution in [3.63, 3.8) is 0 Å². The van der Waals surface area contributed by atoms with Gasteiger partial charge in [0.1, 0.15) is 0 Å². The van der Waals surface area contributed by atoms with Crippen molar-refractivity contribution in [2.24, 2.45) is 7.05 Å². The summed E-state index contributed by atoms with van der Waals surface area (Å²) in [6.07, 6.45) is 2.14.